The van der Waals surface area contributed by atoms with Crippen LogP contribution in [-0.4, -0.2) is 35.8 Å². The van der Waals surface area contributed by atoms with Gasteiger partial charge in [-0.1, -0.05) is 23.8 Å². The number of hydrogen-bond acceptors (Lipinski definition) is 3. The summed E-state index contributed by atoms with van der Waals surface area (Å²) >= 11 is 0. The second-order valence-electron chi connectivity index (χ2n) is 8.16. The standard InChI is InChI=1S/C23H27N3O2/c1-15-3-7-18(8-4-15)23(28)25-21-12-19(9-5-16(21)2)24-22(27)14-26-13-17-6-10-20(26)11-17/h3-5,7-9,12,17,20H,6,10-11,13-14H2,1-2H3,(H,24,27)(H,25,28)/t17-,20-/m0/s1. The summed E-state index contributed by atoms with van der Waals surface area (Å²) in [5.41, 5.74) is 4.10. The average molecular weight is 377 g/mol. The lowest BCUT2D eigenvalue weighted by Gasteiger charge is -2.25. The van der Waals surface area contributed by atoms with E-state index in [0.717, 1.165) is 23.6 Å². The lowest BCUT2D eigenvalue weighted by Crippen LogP contribution is -2.38. The topological polar surface area (TPSA) is 61.4 Å². The number of anilines is 2. The summed E-state index contributed by atoms with van der Waals surface area (Å²) < 4.78 is 0. The summed E-state index contributed by atoms with van der Waals surface area (Å²) in [5.74, 6) is 0.632. The van der Waals surface area contributed by atoms with Crippen LogP contribution in [0.2, 0.25) is 0 Å². The van der Waals surface area contributed by atoms with Crippen LogP contribution >= 0.6 is 0 Å². The molecule has 2 fully saturated rings. The molecular weight excluding hydrogens is 350 g/mol. The Morgan fingerprint density at radius 3 is 2.50 bits per heavy atom. The fraction of sp³-hybridized carbons (Fsp3) is 0.391. The van der Waals surface area contributed by atoms with E-state index in [1.165, 1.54) is 19.3 Å². The molecule has 5 heteroatoms. The normalized spacial score (nSPS) is 20.9. The predicted octanol–water partition coefficient (Wildman–Crippen LogP) is 3.98. The summed E-state index contributed by atoms with van der Waals surface area (Å²) in [4.78, 5) is 27.3. The molecule has 2 atom stereocenters. The van der Waals surface area contributed by atoms with Gasteiger partial charge in [-0.15, -0.1) is 0 Å². The average Bonchev–Trinajstić information content (AvgIpc) is 3.28. The number of aryl methyl sites for hydroxylation is 2. The van der Waals surface area contributed by atoms with Crippen LogP contribution in [0.4, 0.5) is 11.4 Å². The smallest absolute Gasteiger partial charge is 0.255 e. The van der Waals surface area contributed by atoms with Gasteiger partial charge in [0.05, 0.1) is 6.54 Å². The first-order valence-corrected chi connectivity index (χ1v) is 10.0. The Kier molecular flexibility index (Phi) is 5.18. The molecule has 2 amide bonds. The molecule has 2 bridgehead atoms. The Hall–Kier alpha value is -2.66. The highest BCUT2D eigenvalue weighted by atomic mass is 16.2. The van der Waals surface area contributed by atoms with Crippen molar-refractivity contribution in [3.63, 3.8) is 0 Å². The first-order valence-electron chi connectivity index (χ1n) is 10.0. The van der Waals surface area contributed by atoms with Crippen LogP contribution in [0.5, 0.6) is 0 Å². The zero-order chi connectivity index (χ0) is 19.7. The minimum atomic E-state index is -0.153. The van der Waals surface area contributed by atoms with Gasteiger partial charge in [-0.2, -0.15) is 0 Å². The molecule has 0 aromatic heterocycles. The van der Waals surface area contributed by atoms with Crippen molar-refractivity contribution in [1.82, 2.24) is 4.90 Å². The van der Waals surface area contributed by atoms with Crippen LogP contribution in [-0.2, 0) is 4.79 Å². The highest BCUT2D eigenvalue weighted by Crippen LogP contribution is 2.37. The minimum Gasteiger partial charge on any atom is -0.325 e. The van der Waals surface area contributed by atoms with Crippen LogP contribution in [0.25, 0.3) is 0 Å². The third-order valence-electron chi connectivity index (χ3n) is 5.95. The zero-order valence-electron chi connectivity index (χ0n) is 16.5. The van der Waals surface area contributed by atoms with Crippen molar-refractivity contribution < 1.29 is 9.59 Å². The van der Waals surface area contributed by atoms with E-state index in [4.69, 9.17) is 0 Å². The fourth-order valence-electron chi connectivity index (χ4n) is 4.34. The summed E-state index contributed by atoms with van der Waals surface area (Å²) in [6.45, 7) is 5.42. The van der Waals surface area contributed by atoms with Gasteiger partial charge in [0.25, 0.3) is 5.91 Å². The van der Waals surface area contributed by atoms with Gasteiger partial charge >= 0.3 is 0 Å². The molecule has 1 aliphatic heterocycles. The van der Waals surface area contributed by atoms with E-state index in [9.17, 15) is 9.59 Å². The number of amides is 2. The lowest BCUT2D eigenvalue weighted by atomic mass is 10.1. The Labute approximate surface area is 166 Å². The summed E-state index contributed by atoms with van der Waals surface area (Å²) in [6, 6.07) is 13.7. The van der Waals surface area contributed by atoms with Crippen LogP contribution in [0, 0.1) is 19.8 Å². The number of carbonyl (C=O) groups is 2. The van der Waals surface area contributed by atoms with Crippen LogP contribution < -0.4 is 10.6 Å². The Morgan fingerprint density at radius 1 is 1.04 bits per heavy atom. The Morgan fingerprint density at radius 2 is 1.82 bits per heavy atom. The summed E-state index contributed by atoms with van der Waals surface area (Å²) in [6.07, 6.45) is 3.77. The molecule has 4 rings (SSSR count). The molecule has 2 aromatic carbocycles. The summed E-state index contributed by atoms with van der Waals surface area (Å²) in [5, 5.41) is 5.94. The number of piperidine rings is 1. The quantitative estimate of drug-likeness (QED) is 0.829. The number of nitrogens with zero attached hydrogens (tertiary/aromatic N) is 1. The van der Waals surface area contributed by atoms with Gasteiger partial charge in [-0.05, 0) is 68.9 Å². The number of nitrogens with one attached hydrogen (secondary N) is 2. The van der Waals surface area contributed by atoms with Crippen molar-refractivity contribution in [3.8, 4) is 0 Å². The van der Waals surface area contributed by atoms with E-state index >= 15 is 0 Å². The second kappa shape index (κ2) is 7.76. The van der Waals surface area contributed by atoms with Crippen molar-refractivity contribution in [2.75, 3.05) is 23.7 Å². The van der Waals surface area contributed by atoms with Crippen LogP contribution in [0.1, 0.15) is 40.7 Å². The van der Waals surface area contributed by atoms with E-state index in [1.807, 2.05) is 56.3 Å². The van der Waals surface area contributed by atoms with Gasteiger partial charge in [0.1, 0.15) is 0 Å². The number of likely N-dealkylation sites (tertiary alicyclic amines) is 1. The molecule has 2 aliphatic rings. The van der Waals surface area contributed by atoms with E-state index < -0.39 is 0 Å². The third kappa shape index (κ3) is 4.09. The SMILES string of the molecule is Cc1ccc(C(=O)Nc2cc(NC(=O)CN3C[C@H]4CC[C@H]3C4)ccc2C)cc1. The van der Waals surface area contributed by atoms with Crippen molar-refractivity contribution in [3.05, 3.63) is 59.2 Å². The van der Waals surface area contributed by atoms with Crippen molar-refractivity contribution >= 4 is 23.2 Å². The maximum Gasteiger partial charge on any atom is 0.255 e. The molecule has 28 heavy (non-hydrogen) atoms. The van der Waals surface area contributed by atoms with Gasteiger partial charge < -0.3 is 10.6 Å². The predicted molar refractivity (Wildman–Crippen MR) is 112 cm³/mol. The monoisotopic (exact) mass is 377 g/mol. The molecule has 1 saturated carbocycles. The molecule has 2 N–H and O–H groups in total. The molecule has 0 unspecified atom stereocenters. The highest BCUT2D eigenvalue weighted by Gasteiger charge is 2.38. The molecule has 0 spiro atoms. The van der Waals surface area contributed by atoms with Crippen LogP contribution in [0.15, 0.2) is 42.5 Å². The number of rotatable bonds is 5. The molecule has 0 radical (unpaired) electrons. The number of fused-ring (bicyclic) bond motifs is 2. The third-order valence-corrected chi connectivity index (χ3v) is 5.95. The molecule has 1 heterocycles. The maximum atomic E-state index is 12.5. The lowest BCUT2D eigenvalue weighted by molar-refractivity contribution is -0.117. The zero-order valence-corrected chi connectivity index (χ0v) is 16.5. The van der Waals surface area contributed by atoms with E-state index in [2.05, 4.69) is 15.5 Å². The summed E-state index contributed by atoms with van der Waals surface area (Å²) in [7, 11) is 0. The molecule has 2 aromatic rings. The largest absolute Gasteiger partial charge is 0.325 e. The second-order valence-corrected chi connectivity index (χ2v) is 8.16. The fourth-order valence-corrected chi connectivity index (χ4v) is 4.34. The van der Waals surface area contributed by atoms with Crippen molar-refractivity contribution in [1.29, 1.82) is 0 Å². The van der Waals surface area contributed by atoms with Crippen LogP contribution in [0.3, 0.4) is 0 Å². The first kappa shape index (κ1) is 18.7. The molecule has 1 aliphatic carbocycles. The number of hydrogen-bond donors (Lipinski definition) is 2. The van der Waals surface area contributed by atoms with E-state index in [0.29, 0.717) is 29.5 Å². The number of carbonyl (C=O) groups excluding carboxylic acids is 2. The molecule has 146 valence electrons. The van der Waals surface area contributed by atoms with Crippen molar-refractivity contribution in [2.45, 2.75) is 39.2 Å². The molecular formula is C23H27N3O2. The van der Waals surface area contributed by atoms with Gasteiger partial charge in [0.2, 0.25) is 5.91 Å². The minimum absolute atomic E-state index is 0.00668. The van der Waals surface area contributed by atoms with E-state index in [1.54, 1.807) is 0 Å². The van der Waals surface area contributed by atoms with Gasteiger partial charge in [0.15, 0.2) is 0 Å². The Balaban J connectivity index is 1.39. The van der Waals surface area contributed by atoms with Gasteiger partial charge in [0, 0.05) is 29.5 Å². The molecule has 5 nitrogen and oxygen atoms in total. The number of benzene rings is 2. The van der Waals surface area contributed by atoms with E-state index in [-0.39, 0.29) is 11.8 Å². The van der Waals surface area contributed by atoms with Gasteiger partial charge in [-0.25, -0.2) is 0 Å². The van der Waals surface area contributed by atoms with Crippen molar-refractivity contribution in [2.24, 2.45) is 5.92 Å². The maximum absolute atomic E-state index is 12.5. The molecule has 1 saturated heterocycles. The Bertz CT molecular complexity index is 891. The van der Waals surface area contributed by atoms with Gasteiger partial charge in [-0.3, -0.25) is 14.5 Å². The highest BCUT2D eigenvalue weighted by molar-refractivity contribution is 6.05. The first-order chi connectivity index (χ1) is 13.5.